The first kappa shape index (κ1) is 12.2. The van der Waals surface area contributed by atoms with Crippen LogP contribution in [0.5, 0.6) is 0 Å². The molecule has 0 saturated carbocycles. The van der Waals surface area contributed by atoms with Crippen LogP contribution in [0.25, 0.3) is 0 Å². The minimum atomic E-state index is -0.590. The fourth-order valence-corrected chi connectivity index (χ4v) is 1.39. The number of hydrogen-bond acceptors (Lipinski definition) is 2. The molecule has 0 aromatic heterocycles. The van der Waals surface area contributed by atoms with E-state index in [9.17, 15) is 9.18 Å². The first-order valence-corrected chi connectivity index (χ1v) is 5.05. The van der Waals surface area contributed by atoms with E-state index in [1.807, 2.05) is 6.92 Å². The number of carbonyl (C=O) groups is 1. The van der Waals surface area contributed by atoms with Gasteiger partial charge in [-0.2, -0.15) is 0 Å². The molecule has 1 aromatic carbocycles. The van der Waals surface area contributed by atoms with Crippen molar-refractivity contribution in [1.82, 2.24) is 4.90 Å². The molecule has 1 rings (SSSR count). The number of likely N-dealkylation sites (N-methyl/N-ethyl adjacent to an activating group) is 1. The summed E-state index contributed by atoms with van der Waals surface area (Å²) in [6.45, 7) is 6.29. The van der Waals surface area contributed by atoms with Crippen molar-refractivity contribution in [3.63, 3.8) is 0 Å². The minimum Gasteiger partial charge on any atom is -0.399 e. The Morgan fingerprint density at radius 1 is 1.62 bits per heavy atom. The van der Waals surface area contributed by atoms with Crippen LogP contribution in [-0.2, 0) is 0 Å². The van der Waals surface area contributed by atoms with Gasteiger partial charge in [0.25, 0.3) is 5.91 Å². The summed E-state index contributed by atoms with van der Waals surface area (Å²) >= 11 is 0. The Labute approximate surface area is 94.4 Å². The van der Waals surface area contributed by atoms with E-state index in [1.165, 1.54) is 17.0 Å². The quantitative estimate of drug-likeness (QED) is 0.626. The lowest BCUT2D eigenvalue weighted by atomic mass is 10.1. The normalized spacial score (nSPS) is 9.88. The number of amides is 1. The molecule has 16 heavy (non-hydrogen) atoms. The molecule has 0 aliphatic heterocycles. The van der Waals surface area contributed by atoms with Crippen molar-refractivity contribution in [2.45, 2.75) is 6.92 Å². The third-order valence-corrected chi connectivity index (χ3v) is 2.24. The highest BCUT2D eigenvalue weighted by atomic mass is 19.1. The van der Waals surface area contributed by atoms with Gasteiger partial charge in [0, 0.05) is 18.8 Å². The lowest BCUT2D eigenvalue weighted by Crippen LogP contribution is -2.31. The molecule has 0 unspecified atom stereocenters. The summed E-state index contributed by atoms with van der Waals surface area (Å²) in [6, 6.07) is 4.06. The minimum absolute atomic E-state index is 0.0397. The van der Waals surface area contributed by atoms with Crippen LogP contribution in [0.2, 0.25) is 0 Å². The largest absolute Gasteiger partial charge is 0.399 e. The lowest BCUT2D eigenvalue weighted by Gasteiger charge is -2.19. The average molecular weight is 222 g/mol. The van der Waals surface area contributed by atoms with Gasteiger partial charge in [0.05, 0.1) is 5.56 Å². The summed E-state index contributed by atoms with van der Waals surface area (Å²) in [4.78, 5) is 13.4. The van der Waals surface area contributed by atoms with E-state index in [-0.39, 0.29) is 11.5 Å². The second kappa shape index (κ2) is 5.30. The maximum atomic E-state index is 13.5. The predicted octanol–water partition coefficient (Wildman–Crippen LogP) is 2.06. The van der Waals surface area contributed by atoms with Gasteiger partial charge in [-0.3, -0.25) is 4.79 Å². The summed E-state index contributed by atoms with van der Waals surface area (Å²) in [5.74, 6) is -0.938. The summed E-state index contributed by atoms with van der Waals surface area (Å²) in [5.41, 5.74) is 5.76. The number of halogens is 1. The zero-order chi connectivity index (χ0) is 12.1. The van der Waals surface area contributed by atoms with Gasteiger partial charge in [-0.15, -0.1) is 6.58 Å². The highest BCUT2D eigenvalue weighted by Gasteiger charge is 2.16. The standard InChI is InChI=1S/C12H15FN2O/c1-3-7-15(4-2)12(16)10-6-5-9(14)8-11(10)13/h3,5-6,8H,1,4,7,14H2,2H3. The third-order valence-electron chi connectivity index (χ3n) is 2.24. The SMILES string of the molecule is C=CCN(CC)C(=O)c1ccc(N)cc1F. The third kappa shape index (κ3) is 2.59. The summed E-state index contributed by atoms with van der Waals surface area (Å²) in [6.07, 6.45) is 1.61. The molecule has 0 saturated heterocycles. The second-order valence-corrected chi connectivity index (χ2v) is 3.37. The highest BCUT2D eigenvalue weighted by molar-refractivity contribution is 5.94. The Kier molecular flexibility index (Phi) is 4.05. The van der Waals surface area contributed by atoms with E-state index in [0.717, 1.165) is 6.07 Å². The monoisotopic (exact) mass is 222 g/mol. The number of carbonyl (C=O) groups excluding carboxylic acids is 1. The Morgan fingerprint density at radius 2 is 2.31 bits per heavy atom. The molecule has 0 aliphatic carbocycles. The van der Waals surface area contributed by atoms with Crippen LogP contribution < -0.4 is 5.73 Å². The van der Waals surface area contributed by atoms with Crippen LogP contribution in [0, 0.1) is 5.82 Å². The average Bonchev–Trinajstić information content (AvgIpc) is 2.25. The van der Waals surface area contributed by atoms with Crippen molar-refractivity contribution in [3.8, 4) is 0 Å². The number of rotatable bonds is 4. The van der Waals surface area contributed by atoms with Gasteiger partial charge < -0.3 is 10.6 Å². The molecule has 0 bridgehead atoms. The van der Waals surface area contributed by atoms with Crippen LogP contribution in [0.3, 0.4) is 0 Å². The van der Waals surface area contributed by atoms with Gasteiger partial charge in [-0.05, 0) is 25.1 Å². The molecule has 1 amide bonds. The van der Waals surface area contributed by atoms with Crippen LogP contribution >= 0.6 is 0 Å². The number of anilines is 1. The maximum absolute atomic E-state index is 13.5. The predicted molar refractivity (Wildman–Crippen MR) is 62.6 cm³/mol. The molecule has 3 nitrogen and oxygen atoms in total. The lowest BCUT2D eigenvalue weighted by molar-refractivity contribution is 0.0777. The van der Waals surface area contributed by atoms with Crippen molar-refractivity contribution in [2.24, 2.45) is 0 Å². The Hall–Kier alpha value is -1.84. The summed E-state index contributed by atoms with van der Waals surface area (Å²) < 4.78 is 13.5. The molecule has 1 aromatic rings. The Balaban J connectivity index is 2.98. The van der Waals surface area contributed by atoms with E-state index in [4.69, 9.17) is 5.73 Å². The number of nitrogen functional groups attached to an aromatic ring is 1. The van der Waals surface area contributed by atoms with E-state index < -0.39 is 5.82 Å². The summed E-state index contributed by atoms with van der Waals surface area (Å²) in [7, 11) is 0. The molecule has 4 heteroatoms. The van der Waals surface area contributed by atoms with Crippen molar-refractivity contribution < 1.29 is 9.18 Å². The van der Waals surface area contributed by atoms with E-state index >= 15 is 0 Å². The molecule has 0 radical (unpaired) electrons. The molecule has 0 spiro atoms. The molecule has 0 aliphatic rings. The van der Waals surface area contributed by atoms with Crippen LogP contribution in [0.1, 0.15) is 17.3 Å². The zero-order valence-corrected chi connectivity index (χ0v) is 9.24. The van der Waals surface area contributed by atoms with E-state index in [1.54, 1.807) is 6.08 Å². The zero-order valence-electron chi connectivity index (χ0n) is 9.24. The fourth-order valence-electron chi connectivity index (χ4n) is 1.39. The number of benzene rings is 1. The number of nitrogens with zero attached hydrogens (tertiary/aromatic N) is 1. The van der Waals surface area contributed by atoms with Crippen LogP contribution in [0.15, 0.2) is 30.9 Å². The number of nitrogens with two attached hydrogens (primary N) is 1. The topological polar surface area (TPSA) is 46.3 Å². The van der Waals surface area contributed by atoms with Gasteiger partial charge in [0.2, 0.25) is 0 Å². The second-order valence-electron chi connectivity index (χ2n) is 3.37. The first-order chi connectivity index (χ1) is 7.60. The van der Waals surface area contributed by atoms with Gasteiger partial charge in [0.1, 0.15) is 5.82 Å². The first-order valence-electron chi connectivity index (χ1n) is 5.05. The molecule has 2 N–H and O–H groups in total. The van der Waals surface area contributed by atoms with Gasteiger partial charge in [0.15, 0.2) is 0 Å². The molecule has 0 atom stereocenters. The highest BCUT2D eigenvalue weighted by Crippen LogP contribution is 2.14. The van der Waals surface area contributed by atoms with Crippen molar-refractivity contribution in [3.05, 3.63) is 42.2 Å². The molecular formula is C12H15FN2O. The molecule has 0 fully saturated rings. The van der Waals surface area contributed by atoms with Crippen LogP contribution in [-0.4, -0.2) is 23.9 Å². The van der Waals surface area contributed by atoms with Crippen molar-refractivity contribution in [1.29, 1.82) is 0 Å². The maximum Gasteiger partial charge on any atom is 0.257 e. The molecule has 0 heterocycles. The van der Waals surface area contributed by atoms with Crippen molar-refractivity contribution in [2.75, 3.05) is 18.8 Å². The molecular weight excluding hydrogens is 207 g/mol. The number of hydrogen-bond donors (Lipinski definition) is 1. The van der Waals surface area contributed by atoms with E-state index in [2.05, 4.69) is 6.58 Å². The van der Waals surface area contributed by atoms with Gasteiger partial charge in [-0.25, -0.2) is 4.39 Å². The van der Waals surface area contributed by atoms with Crippen LogP contribution in [0.4, 0.5) is 10.1 Å². The van der Waals surface area contributed by atoms with Gasteiger partial charge in [-0.1, -0.05) is 6.08 Å². The fraction of sp³-hybridized carbons (Fsp3) is 0.250. The smallest absolute Gasteiger partial charge is 0.257 e. The van der Waals surface area contributed by atoms with Gasteiger partial charge >= 0.3 is 0 Å². The van der Waals surface area contributed by atoms with Crippen molar-refractivity contribution >= 4 is 11.6 Å². The van der Waals surface area contributed by atoms with E-state index in [0.29, 0.717) is 18.8 Å². The summed E-state index contributed by atoms with van der Waals surface area (Å²) in [5, 5.41) is 0. The Morgan fingerprint density at radius 3 is 2.81 bits per heavy atom. The Bertz CT molecular complexity index is 404. The molecule has 86 valence electrons.